The van der Waals surface area contributed by atoms with Gasteiger partial charge in [-0.1, -0.05) is 12.1 Å². The summed E-state index contributed by atoms with van der Waals surface area (Å²) in [4.78, 5) is 12.2. The first-order valence-electron chi connectivity index (χ1n) is 7.57. The van der Waals surface area contributed by atoms with Crippen LogP contribution < -0.4 is 10.1 Å². The number of benzene rings is 2. The van der Waals surface area contributed by atoms with Crippen LogP contribution in [0, 0.1) is 0 Å². The second-order valence-electron chi connectivity index (χ2n) is 5.48. The van der Waals surface area contributed by atoms with E-state index >= 15 is 0 Å². The molecular weight excluding hydrogens is 347 g/mol. The number of alkyl halides is 3. The lowest BCUT2D eigenvalue weighted by Crippen LogP contribution is -2.12. The largest absolute Gasteiger partial charge is 0.457 e. The zero-order chi connectivity index (χ0) is 18.7. The summed E-state index contributed by atoms with van der Waals surface area (Å²) < 4.78 is 45.3. The summed E-state index contributed by atoms with van der Waals surface area (Å²) in [5.41, 5.74) is -0.515. The molecule has 26 heavy (non-hydrogen) atoms. The fourth-order valence-electron chi connectivity index (χ4n) is 2.24. The van der Waals surface area contributed by atoms with E-state index in [-0.39, 0.29) is 11.5 Å². The lowest BCUT2D eigenvalue weighted by molar-refractivity contribution is -0.137. The molecule has 8 heteroatoms. The van der Waals surface area contributed by atoms with Gasteiger partial charge in [0, 0.05) is 24.9 Å². The van der Waals surface area contributed by atoms with E-state index in [0.717, 1.165) is 12.1 Å². The van der Waals surface area contributed by atoms with Gasteiger partial charge in [0.25, 0.3) is 5.91 Å². The van der Waals surface area contributed by atoms with Gasteiger partial charge in [0.05, 0.1) is 5.56 Å². The number of aromatic nitrogens is 2. The maximum absolute atomic E-state index is 12.8. The molecule has 0 aliphatic heterocycles. The Balaban J connectivity index is 1.76. The molecule has 0 saturated heterocycles. The van der Waals surface area contributed by atoms with Crippen molar-refractivity contribution in [2.75, 3.05) is 5.32 Å². The molecule has 3 aromatic rings. The minimum Gasteiger partial charge on any atom is -0.457 e. The first-order valence-corrected chi connectivity index (χ1v) is 7.57. The summed E-state index contributed by atoms with van der Waals surface area (Å²) >= 11 is 0. The smallest absolute Gasteiger partial charge is 0.416 e. The molecule has 0 atom stereocenters. The highest BCUT2D eigenvalue weighted by atomic mass is 19.4. The first kappa shape index (κ1) is 17.5. The quantitative estimate of drug-likeness (QED) is 0.745. The molecule has 0 unspecified atom stereocenters. The van der Waals surface area contributed by atoms with Gasteiger partial charge >= 0.3 is 6.18 Å². The number of anilines is 1. The van der Waals surface area contributed by atoms with Crippen LogP contribution in [0.2, 0.25) is 0 Å². The number of hydrogen-bond acceptors (Lipinski definition) is 3. The van der Waals surface area contributed by atoms with E-state index in [1.807, 2.05) is 0 Å². The van der Waals surface area contributed by atoms with Crippen LogP contribution in [0.1, 0.15) is 15.9 Å². The number of nitrogens with one attached hydrogen (secondary N) is 1. The first-order chi connectivity index (χ1) is 12.3. The normalized spacial score (nSPS) is 11.2. The van der Waals surface area contributed by atoms with Gasteiger partial charge in [-0.25, -0.2) is 0 Å². The van der Waals surface area contributed by atoms with E-state index in [1.54, 1.807) is 42.2 Å². The van der Waals surface area contributed by atoms with Crippen LogP contribution in [0.15, 0.2) is 60.8 Å². The highest BCUT2D eigenvalue weighted by Crippen LogP contribution is 2.32. The third-order valence-corrected chi connectivity index (χ3v) is 3.45. The summed E-state index contributed by atoms with van der Waals surface area (Å²) in [6.45, 7) is 0. The van der Waals surface area contributed by atoms with Crippen LogP contribution in [0.3, 0.4) is 0 Å². The summed E-state index contributed by atoms with van der Waals surface area (Å²) in [6.07, 6.45) is -2.77. The fraction of sp³-hybridized carbons (Fsp3) is 0.111. The van der Waals surface area contributed by atoms with Crippen LogP contribution in [0.5, 0.6) is 11.5 Å². The van der Waals surface area contributed by atoms with Crippen molar-refractivity contribution in [3.63, 3.8) is 0 Å². The Kier molecular flexibility index (Phi) is 4.66. The van der Waals surface area contributed by atoms with Crippen LogP contribution in [-0.2, 0) is 13.2 Å². The Morgan fingerprint density at radius 3 is 2.42 bits per heavy atom. The third kappa shape index (κ3) is 4.21. The van der Waals surface area contributed by atoms with E-state index in [2.05, 4.69) is 10.4 Å². The maximum Gasteiger partial charge on any atom is 0.416 e. The molecule has 0 saturated carbocycles. The van der Waals surface area contributed by atoms with Gasteiger partial charge in [-0.2, -0.15) is 18.3 Å². The average Bonchev–Trinajstić information content (AvgIpc) is 2.99. The van der Waals surface area contributed by atoms with Crippen LogP contribution in [0.25, 0.3) is 0 Å². The number of nitrogens with zero attached hydrogens (tertiary/aromatic N) is 2. The van der Waals surface area contributed by atoms with Crippen molar-refractivity contribution in [1.29, 1.82) is 0 Å². The molecule has 1 aromatic heterocycles. The number of aryl methyl sites for hydroxylation is 1. The zero-order valence-electron chi connectivity index (χ0n) is 13.6. The van der Waals surface area contributed by atoms with Gasteiger partial charge in [0.2, 0.25) is 0 Å². The molecule has 5 nitrogen and oxygen atoms in total. The van der Waals surface area contributed by atoms with Crippen LogP contribution >= 0.6 is 0 Å². The van der Waals surface area contributed by atoms with Gasteiger partial charge in [-0.15, -0.1) is 0 Å². The number of carbonyl (C=O) groups is 1. The molecule has 1 N–H and O–H groups in total. The molecule has 1 heterocycles. The topological polar surface area (TPSA) is 56.2 Å². The molecular formula is C18H14F3N3O2. The molecule has 1 amide bonds. The second kappa shape index (κ2) is 6.91. The van der Waals surface area contributed by atoms with Gasteiger partial charge in [0.15, 0.2) is 5.82 Å². The van der Waals surface area contributed by atoms with E-state index in [9.17, 15) is 18.0 Å². The molecule has 0 aliphatic rings. The van der Waals surface area contributed by atoms with Gasteiger partial charge in [-0.05, 0) is 36.4 Å². The maximum atomic E-state index is 12.8. The van der Waals surface area contributed by atoms with Crippen molar-refractivity contribution in [3.05, 3.63) is 71.9 Å². The number of ether oxygens (including phenoxy) is 1. The summed E-state index contributed by atoms with van der Waals surface area (Å²) in [5.74, 6) is 0.264. The summed E-state index contributed by atoms with van der Waals surface area (Å²) in [7, 11) is 1.72. The van der Waals surface area contributed by atoms with Crippen LogP contribution in [0.4, 0.5) is 19.0 Å². The number of rotatable bonds is 4. The number of carbonyl (C=O) groups excluding carboxylic acids is 1. The van der Waals surface area contributed by atoms with E-state index in [1.165, 1.54) is 18.2 Å². The minimum atomic E-state index is -4.45. The van der Waals surface area contributed by atoms with Crippen LogP contribution in [-0.4, -0.2) is 15.7 Å². The van der Waals surface area contributed by atoms with Crippen molar-refractivity contribution in [2.24, 2.45) is 7.05 Å². The van der Waals surface area contributed by atoms with Crippen molar-refractivity contribution in [2.45, 2.75) is 6.18 Å². The van der Waals surface area contributed by atoms with Crippen molar-refractivity contribution in [3.8, 4) is 11.5 Å². The van der Waals surface area contributed by atoms with E-state index in [0.29, 0.717) is 11.4 Å². The molecule has 0 aliphatic carbocycles. The monoisotopic (exact) mass is 361 g/mol. The number of hydrogen-bond donors (Lipinski definition) is 1. The lowest BCUT2D eigenvalue weighted by Gasteiger charge is -2.10. The van der Waals surface area contributed by atoms with Crippen molar-refractivity contribution < 1.29 is 22.7 Å². The Labute approximate surface area is 147 Å². The van der Waals surface area contributed by atoms with E-state index in [4.69, 9.17) is 4.74 Å². The average molecular weight is 361 g/mol. The highest BCUT2D eigenvalue weighted by molar-refractivity contribution is 6.03. The predicted molar refractivity (Wildman–Crippen MR) is 89.1 cm³/mol. The molecule has 0 fully saturated rings. The minimum absolute atomic E-state index is 0.0297. The zero-order valence-corrected chi connectivity index (χ0v) is 13.6. The van der Waals surface area contributed by atoms with Gasteiger partial charge < -0.3 is 10.1 Å². The molecule has 0 spiro atoms. The lowest BCUT2D eigenvalue weighted by atomic mass is 10.2. The van der Waals surface area contributed by atoms with Crippen molar-refractivity contribution in [1.82, 2.24) is 9.78 Å². The Bertz CT molecular complexity index is 935. The second-order valence-corrected chi connectivity index (χ2v) is 5.48. The molecule has 134 valence electrons. The molecule has 0 radical (unpaired) electrons. The standard InChI is InChI=1S/C18H14F3N3O2/c1-24-9-8-16(23-24)22-17(25)12-4-2-6-14(10-12)26-15-7-3-5-13(11-15)18(19,20)21/h2-11H,1H3,(H,22,23,25). The van der Waals surface area contributed by atoms with Gasteiger partial charge in [-0.3, -0.25) is 9.48 Å². The SMILES string of the molecule is Cn1ccc(NC(=O)c2cccc(Oc3cccc(C(F)(F)F)c3)c2)n1. The van der Waals surface area contributed by atoms with Gasteiger partial charge in [0.1, 0.15) is 11.5 Å². The number of amides is 1. The molecule has 0 bridgehead atoms. The molecule has 3 rings (SSSR count). The van der Waals surface area contributed by atoms with Crippen molar-refractivity contribution >= 4 is 11.7 Å². The predicted octanol–water partition coefficient (Wildman–Crippen LogP) is 4.48. The fourth-order valence-corrected chi connectivity index (χ4v) is 2.24. The third-order valence-electron chi connectivity index (χ3n) is 3.45. The summed E-state index contributed by atoms with van der Waals surface area (Å²) in [5, 5.41) is 6.67. The summed E-state index contributed by atoms with van der Waals surface area (Å²) in [6, 6.07) is 12.3. The Morgan fingerprint density at radius 1 is 1.08 bits per heavy atom. The molecule has 2 aromatic carbocycles. The Hall–Kier alpha value is -3.29. The van der Waals surface area contributed by atoms with E-state index < -0.39 is 17.6 Å². The number of halogens is 3. The Morgan fingerprint density at radius 2 is 1.77 bits per heavy atom. The highest BCUT2D eigenvalue weighted by Gasteiger charge is 2.30.